The zero-order valence-electron chi connectivity index (χ0n) is 17.8. The molecule has 1 amide bonds. The number of furan rings is 1. The van der Waals surface area contributed by atoms with Crippen molar-refractivity contribution in [2.24, 2.45) is 5.10 Å². The number of amides is 1. The minimum atomic E-state index is -0.416. The van der Waals surface area contributed by atoms with Crippen LogP contribution in [0.4, 0.5) is 0 Å². The van der Waals surface area contributed by atoms with Crippen molar-refractivity contribution < 1.29 is 13.9 Å². The fourth-order valence-corrected chi connectivity index (χ4v) is 5.04. The monoisotopic (exact) mass is 576 g/mol. The topological polar surface area (TPSA) is 63.8 Å². The highest BCUT2D eigenvalue weighted by Gasteiger charge is 2.12. The van der Waals surface area contributed by atoms with Crippen molar-refractivity contribution in [3.05, 3.63) is 111 Å². The van der Waals surface area contributed by atoms with Gasteiger partial charge in [-0.05, 0) is 84.1 Å². The van der Waals surface area contributed by atoms with Gasteiger partial charge in [-0.25, -0.2) is 5.43 Å². The summed E-state index contributed by atoms with van der Waals surface area (Å²) >= 11 is 7.14. The predicted octanol–water partition coefficient (Wildman–Crippen LogP) is 7.45. The molecule has 0 atom stereocenters. The molecule has 4 aromatic carbocycles. The summed E-state index contributed by atoms with van der Waals surface area (Å²) in [4.78, 5) is 12.3. The van der Waals surface area contributed by atoms with Gasteiger partial charge in [0, 0.05) is 5.39 Å². The van der Waals surface area contributed by atoms with E-state index in [1.165, 1.54) is 10.8 Å². The van der Waals surface area contributed by atoms with Crippen molar-refractivity contribution in [1.29, 1.82) is 0 Å². The number of benzene rings is 4. The Kier molecular flexibility index (Phi) is 6.47. The van der Waals surface area contributed by atoms with Gasteiger partial charge in [-0.2, -0.15) is 5.10 Å². The van der Waals surface area contributed by atoms with Gasteiger partial charge < -0.3 is 9.15 Å². The van der Waals surface area contributed by atoms with Gasteiger partial charge in [0.1, 0.15) is 17.9 Å². The molecule has 0 radical (unpaired) electrons. The highest BCUT2D eigenvalue weighted by Crippen LogP contribution is 2.35. The molecule has 5 aromatic rings. The Morgan fingerprint density at radius 3 is 2.35 bits per heavy atom. The van der Waals surface area contributed by atoms with E-state index in [9.17, 15) is 4.79 Å². The molecule has 1 aromatic heterocycles. The number of hydrogen-bond acceptors (Lipinski definition) is 4. The van der Waals surface area contributed by atoms with Gasteiger partial charge in [0.15, 0.2) is 5.76 Å². The van der Waals surface area contributed by atoms with Gasteiger partial charge in [0.25, 0.3) is 0 Å². The number of carbonyl (C=O) groups excluding carboxylic acids is 1. The minimum absolute atomic E-state index is 0.207. The number of halogens is 2. The number of hydrazone groups is 1. The Morgan fingerprint density at radius 1 is 0.882 bits per heavy atom. The van der Waals surface area contributed by atoms with Crippen LogP contribution in [0.5, 0.6) is 5.75 Å². The summed E-state index contributed by atoms with van der Waals surface area (Å²) in [7, 11) is 0. The number of nitrogens with zero attached hydrogens (tertiary/aromatic N) is 1. The van der Waals surface area contributed by atoms with Gasteiger partial charge in [-0.15, -0.1) is 0 Å². The molecular weight excluding hydrogens is 560 g/mol. The van der Waals surface area contributed by atoms with E-state index in [1.54, 1.807) is 12.3 Å². The smallest absolute Gasteiger partial charge is 0.307 e. The molecule has 0 aliphatic heterocycles. The molecule has 0 saturated carbocycles. The van der Waals surface area contributed by atoms with Crippen LogP contribution in [0.3, 0.4) is 0 Å². The molecule has 1 N–H and O–H groups in total. The van der Waals surface area contributed by atoms with Crippen LogP contribution in [0.25, 0.3) is 21.7 Å². The lowest BCUT2D eigenvalue weighted by Gasteiger charge is -2.12. The van der Waals surface area contributed by atoms with Crippen molar-refractivity contribution in [2.75, 3.05) is 0 Å². The van der Waals surface area contributed by atoms with Gasteiger partial charge in [0.05, 0.1) is 15.2 Å². The highest BCUT2D eigenvalue weighted by atomic mass is 79.9. The molecular formula is C27H18Br2N2O3. The first-order chi connectivity index (χ1) is 16.6. The normalized spacial score (nSPS) is 11.4. The molecule has 7 heteroatoms. The zero-order valence-corrected chi connectivity index (χ0v) is 21.0. The van der Waals surface area contributed by atoms with Crippen molar-refractivity contribution in [2.45, 2.75) is 6.61 Å². The largest absolute Gasteiger partial charge is 0.487 e. The summed E-state index contributed by atoms with van der Waals surface area (Å²) in [5, 5.41) is 7.30. The summed E-state index contributed by atoms with van der Waals surface area (Å²) in [6.07, 6.45) is 1.56. The maximum Gasteiger partial charge on any atom is 0.307 e. The molecule has 5 rings (SSSR count). The molecule has 34 heavy (non-hydrogen) atoms. The number of rotatable bonds is 6. The lowest BCUT2D eigenvalue weighted by molar-refractivity contribution is 0.0929. The third kappa shape index (κ3) is 4.90. The van der Waals surface area contributed by atoms with Gasteiger partial charge in [0.2, 0.25) is 0 Å². The first-order valence-corrected chi connectivity index (χ1v) is 12.1. The van der Waals surface area contributed by atoms with Gasteiger partial charge >= 0.3 is 5.91 Å². The standard InChI is InChI=1S/C27H18Br2N2O3/c28-22-12-18(15-30-31-27(32)25-14-21-7-3-4-8-24(21)34-25)13-23(29)26(22)33-16-17-9-10-19-5-1-2-6-20(19)11-17/h1-15H,16H2,(H,31,32)/b30-15+. The molecule has 1 heterocycles. The lowest BCUT2D eigenvalue weighted by atomic mass is 10.1. The van der Waals surface area contributed by atoms with Crippen LogP contribution in [0, 0.1) is 0 Å². The Bertz CT molecular complexity index is 1490. The average Bonchev–Trinajstić information content (AvgIpc) is 3.28. The Balaban J connectivity index is 1.24. The van der Waals surface area contributed by atoms with Crippen molar-refractivity contribution in [1.82, 2.24) is 5.43 Å². The van der Waals surface area contributed by atoms with Crippen molar-refractivity contribution in [3.8, 4) is 5.75 Å². The van der Waals surface area contributed by atoms with Crippen LogP contribution in [0.2, 0.25) is 0 Å². The zero-order chi connectivity index (χ0) is 23.5. The molecule has 0 aliphatic carbocycles. The van der Waals surface area contributed by atoms with E-state index in [2.05, 4.69) is 72.7 Å². The van der Waals surface area contributed by atoms with E-state index in [1.807, 2.05) is 48.5 Å². The maximum atomic E-state index is 12.3. The molecule has 5 nitrogen and oxygen atoms in total. The van der Waals surface area contributed by atoms with E-state index in [-0.39, 0.29) is 5.76 Å². The fraction of sp³-hybridized carbons (Fsp3) is 0.0370. The summed E-state index contributed by atoms with van der Waals surface area (Å²) in [6.45, 7) is 0.434. The van der Waals surface area contributed by atoms with Crippen molar-refractivity contribution in [3.63, 3.8) is 0 Å². The highest BCUT2D eigenvalue weighted by molar-refractivity contribution is 9.11. The van der Waals surface area contributed by atoms with Crippen LogP contribution < -0.4 is 10.2 Å². The van der Waals surface area contributed by atoms with Crippen LogP contribution in [-0.4, -0.2) is 12.1 Å². The number of fused-ring (bicyclic) bond motifs is 2. The Morgan fingerprint density at radius 2 is 1.59 bits per heavy atom. The van der Waals surface area contributed by atoms with Gasteiger partial charge in [-0.3, -0.25) is 4.79 Å². The number of hydrogen-bond donors (Lipinski definition) is 1. The average molecular weight is 578 g/mol. The van der Waals surface area contributed by atoms with Crippen LogP contribution in [0.1, 0.15) is 21.7 Å². The van der Waals surface area contributed by atoms with E-state index in [0.29, 0.717) is 17.9 Å². The first kappa shape index (κ1) is 22.4. The second kappa shape index (κ2) is 9.83. The molecule has 0 saturated heterocycles. The van der Waals surface area contributed by atoms with E-state index >= 15 is 0 Å². The van der Waals surface area contributed by atoms with Crippen LogP contribution in [-0.2, 0) is 6.61 Å². The minimum Gasteiger partial charge on any atom is -0.487 e. The molecule has 0 bridgehead atoms. The third-order valence-corrected chi connectivity index (χ3v) is 6.42. The third-order valence-electron chi connectivity index (χ3n) is 5.25. The Hall–Kier alpha value is -3.42. The van der Waals surface area contributed by atoms with Crippen LogP contribution in [0.15, 0.2) is 103 Å². The predicted molar refractivity (Wildman–Crippen MR) is 141 cm³/mol. The Labute approximate surface area is 212 Å². The molecule has 168 valence electrons. The second-order valence-electron chi connectivity index (χ2n) is 7.63. The van der Waals surface area contributed by atoms with Crippen LogP contribution >= 0.6 is 31.9 Å². The lowest BCUT2D eigenvalue weighted by Crippen LogP contribution is -2.16. The number of nitrogens with one attached hydrogen (secondary N) is 1. The molecule has 0 fully saturated rings. The second-order valence-corrected chi connectivity index (χ2v) is 9.34. The SMILES string of the molecule is O=C(N/N=C/c1cc(Br)c(OCc2ccc3ccccc3c2)c(Br)c1)c1cc2ccccc2o1. The number of ether oxygens (including phenoxy) is 1. The van der Waals surface area contributed by atoms with Gasteiger partial charge in [-0.1, -0.05) is 54.6 Å². The quantitative estimate of drug-likeness (QED) is 0.168. The number of para-hydroxylation sites is 1. The van der Waals surface area contributed by atoms with E-state index < -0.39 is 5.91 Å². The van der Waals surface area contributed by atoms with Crippen molar-refractivity contribution >= 4 is 65.7 Å². The molecule has 0 spiro atoms. The summed E-state index contributed by atoms with van der Waals surface area (Å²) in [5.41, 5.74) is 5.01. The molecule has 0 aliphatic rings. The van der Waals surface area contributed by atoms with E-state index in [0.717, 1.165) is 25.5 Å². The summed E-state index contributed by atoms with van der Waals surface area (Å²) in [6, 6.07) is 27.4. The summed E-state index contributed by atoms with van der Waals surface area (Å²) < 4.78 is 13.2. The maximum absolute atomic E-state index is 12.3. The molecule has 0 unspecified atom stereocenters. The first-order valence-electron chi connectivity index (χ1n) is 10.5. The van der Waals surface area contributed by atoms with E-state index in [4.69, 9.17) is 9.15 Å². The fourth-order valence-electron chi connectivity index (χ4n) is 3.59. The number of carbonyl (C=O) groups is 1. The summed E-state index contributed by atoms with van der Waals surface area (Å²) in [5.74, 6) is 0.482.